The van der Waals surface area contributed by atoms with Crippen LogP contribution in [0.1, 0.15) is 26.7 Å². The molecule has 1 fully saturated rings. The highest BCUT2D eigenvalue weighted by atomic mass is 35.5. The quantitative estimate of drug-likeness (QED) is 0.854. The van der Waals surface area contributed by atoms with E-state index >= 15 is 0 Å². The topological polar surface area (TPSA) is 63.4 Å². The molecule has 6 heteroatoms. The molecule has 2 N–H and O–H groups in total. The Morgan fingerprint density at radius 3 is 2.63 bits per heavy atom. The molecule has 4 nitrogen and oxygen atoms in total. The highest BCUT2D eigenvalue weighted by molar-refractivity contribution is 7.89. The number of hydrogen-bond donors (Lipinski definition) is 1. The summed E-state index contributed by atoms with van der Waals surface area (Å²) in [5.41, 5.74) is 6.01. The van der Waals surface area contributed by atoms with Gasteiger partial charge in [-0.3, -0.25) is 0 Å². The average molecular weight is 303 g/mol. The number of piperidine rings is 1. The van der Waals surface area contributed by atoms with Gasteiger partial charge in [0.05, 0.1) is 15.6 Å². The van der Waals surface area contributed by atoms with Crippen LogP contribution in [0.15, 0.2) is 23.1 Å². The van der Waals surface area contributed by atoms with E-state index < -0.39 is 10.0 Å². The Bertz CT molecular complexity index is 574. The Labute approximate surface area is 119 Å². The molecule has 0 radical (unpaired) electrons. The summed E-state index contributed by atoms with van der Waals surface area (Å²) in [4.78, 5) is 0.216. The van der Waals surface area contributed by atoms with Crippen LogP contribution in [0.3, 0.4) is 0 Å². The van der Waals surface area contributed by atoms with E-state index in [0.717, 1.165) is 12.8 Å². The van der Waals surface area contributed by atoms with Gasteiger partial charge >= 0.3 is 0 Å². The lowest BCUT2D eigenvalue weighted by Crippen LogP contribution is -2.44. The third-order valence-electron chi connectivity index (χ3n) is 3.66. The monoisotopic (exact) mass is 302 g/mol. The van der Waals surface area contributed by atoms with E-state index in [2.05, 4.69) is 6.92 Å². The fourth-order valence-electron chi connectivity index (χ4n) is 2.55. The molecule has 1 heterocycles. The van der Waals surface area contributed by atoms with Crippen LogP contribution >= 0.6 is 11.6 Å². The maximum absolute atomic E-state index is 12.6. The van der Waals surface area contributed by atoms with Crippen LogP contribution < -0.4 is 5.73 Å². The molecule has 1 aliphatic heterocycles. The first-order valence-electron chi connectivity index (χ1n) is 6.39. The number of anilines is 1. The van der Waals surface area contributed by atoms with Gasteiger partial charge in [0.15, 0.2) is 0 Å². The van der Waals surface area contributed by atoms with Crippen molar-refractivity contribution in [3.63, 3.8) is 0 Å². The van der Waals surface area contributed by atoms with Crippen molar-refractivity contribution in [3.05, 3.63) is 23.2 Å². The average Bonchev–Trinajstić information content (AvgIpc) is 2.32. The van der Waals surface area contributed by atoms with E-state index in [0.29, 0.717) is 18.2 Å². The van der Waals surface area contributed by atoms with Crippen LogP contribution in [0.5, 0.6) is 0 Å². The molecule has 19 heavy (non-hydrogen) atoms. The van der Waals surface area contributed by atoms with Crippen LogP contribution in [0, 0.1) is 5.92 Å². The van der Waals surface area contributed by atoms with Gasteiger partial charge < -0.3 is 5.73 Å². The first kappa shape index (κ1) is 14.6. The Balaban J connectivity index is 2.34. The number of hydrogen-bond acceptors (Lipinski definition) is 3. The van der Waals surface area contributed by atoms with Gasteiger partial charge in [-0.25, -0.2) is 8.42 Å². The Morgan fingerprint density at radius 1 is 1.37 bits per heavy atom. The molecule has 0 aliphatic carbocycles. The fourth-order valence-corrected chi connectivity index (χ4v) is 4.47. The minimum atomic E-state index is -3.48. The number of halogens is 1. The van der Waals surface area contributed by atoms with E-state index in [-0.39, 0.29) is 16.0 Å². The SMILES string of the molecule is CC1CCN(S(=O)(=O)c2ccc(N)c(Cl)c2)C(C)C1. The van der Waals surface area contributed by atoms with Crippen LogP contribution in [0.25, 0.3) is 0 Å². The zero-order valence-corrected chi connectivity index (χ0v) is 12.7. The van der Waals surface area contributed by atoms with E-state index in [1.807, 2.05) is 6.92 Å². The van der Waals surface area contributed by atoms with E-state index in [1.54, 1.807) is 4.31 Å². The minimum Gasteiger partial charge on any atom is -0.398 e. The van der Waals surface area contributed by atoms with Gasteiger partial charge in [-0.05, 0) is 43.9 Å². The standard InChI is InChI=1S/C13H19ClN2O2S/c1-9-5-6-16(10(2)7-9)19(17,18)11-3-4-13(15)12(14)8-11/h3-4,8-10H,5-7,15H2,1-2H3. The molecule has 1 aliphatic rings. The lowest BCUT2D eigenvalue weighted by atomic mass is 9.95. The predicted octanol–water partition coefficient (Wildman–Crippen LogP) is 2.73. The smallest absolute Gasteiger partial charge is 0.243 e. The number of rotatable bonds is 2. The van der Waals surface area contributed by atoms with Crippen molar-refractivity contribution in [1.82, 2.24) is 4.31 Å². The van der Waals surface area contributed by atoms with Crippen LogP contribution in [-0.2, 0) is 10.0 Å². The number of benzene rings is 1. The fraction of sp³-hybridized carbons (Fsp3) is 0.538. The van der Waals surface area contributed by atoms with Gasteiger partial charge in [-0.2, -0.15) is 4.31 Å². The second kappa shape index (κ2) is 5.31. The summed E-state index contributed by atoms with van der Waals surface area (Å²) in [5.74, 6) is 0.566. The van der Waals surface area contributed by atoms with Gasteiger partial charge in [0.25, 0.3) is 0 Å². The van der Waals surface area contributed by atoms with Crippen LogP contribution in [0.4, 0.5) is 5.69 Å². The molecule has 1 aromatic carbocycles. The molecule has 2 unspecified atom stereocenters. The van der Waals surface area contributed by atoms with Crippen molar-refractivity contribution in [2.75, 3.05) is 12.3 Å². The number of sulfonamides is 1. The molecule has 106 valence electrons. The predicted molar refractivity (Wildman–Crippen MR) is 77.6 cm³/mol. The Morgan fingerprint density at radius 2 is 2.05 bits per heavy atom. The molecule has 0 spiro atoms. The third kappa shape index (κ3) is 2.88. The van der Waals surface area contributed by atoms with Gasteiger partial charge in [0.2, 0.25) is 10.0 Å². The highest BCUT2D eigenvalue weighted by Gasteiger charge is 2.33. The second-order valence-electron chi connectivity index (χ2n) is 5.28. The van der Waals surface area contributed by atoms with Crippen molar-refractivity contribution in [1.29, 1.82) is 0 Å². The molecule has 0 amide bonds. The Hall–Kier alpha value is -0.780. The maximum Gasteiger partial charge on any atom is 0.243 e. The first-order valence-corrected chi connectivity index (χ1v) is 8.21. The van der Waals surface area contributed by atoms with Crippen molar-refractivity contribution in [2.45, 2.75) is 37.6 Å². The van der Waals surface area contributed by atoms with Gasteiger partial charge in [-0.15, -0.1) is 0 Å². The van der Waals surface area contributed by atoms with Crippen molar-refractivity contribution in [2.24, 2.45) is 5.92 Å². The summed E-state index contributed by atoms with van der Waals surface area (Å²) in [6.07, 6.45) is 1.79. The molecule has 0 saturated carbocycles. The highest BCUT2D eigenvalue weighted by Crippen LogP contribution is 2.30. The van der Waals surface area contributed by atoms with Crippen molar-refractivity contribution in [3.8, 4) is 0 Å². The van der Waals surface area contributed by atoms with Crippen LogP contribution in [0.2, 0.25) is 5.02 Å². The molecular weight excluding hydrogens is 284 g/mol. The maximum atomic E-state index is 12.6. The molecule has 2 rings (SSSR count). The first-order chi connectivity index (χ1) is 8.82. The minimum absolute atomic E-state index is 0.0186. The lowest BCUT2D eigenvalue weighted by Gasteiger charge is -2.35. The number of nitrogens with zero attached hydrogens (tertiary/aromatic N) is 1. The molecule has 1 aromatic rings. The van der Waals surface area contributed by atoms with Gasteiger partial charge in [-0.1, -0.05) is 18.5 Å². The zero-order chi connectivity index (χ0) is 14.2. The molecule has 2 atom stereocenters. The normalized spacial score (nSPS) is 25.4. The summed E-state index contributed by atoms with van der Waals surface area (Å²) >= 11 is 5.91. The van der Waals surface area contributed by atoms with Crippen molar-refractivity contribution >= 4 is 27.3 Å². The molecular formula is C13H19ClN2O2S. The largest absolute Gasteiger partial charge is 0.398 e. The lowest BCUT2D eigenvalue weighted by molar-refractivity contribution is 0.220. The summed E-state index contributed by atoms with van der Waals surface area (Å²) in [6, 6.07) is 4.50. The van der Waals surface area contributed by atoms with Crippen molar-refractivity contribution < 1.29 is 8.42 Å². The van der Waals surface area contributed by atoms with Crippen LogP contribution in [-0.4, -0.2) is 25.3 Å². The molecule has 0 aromatic heterocycles. The van der Waals surface area contributed by atoms with E-state index in [4.69, 9.17) is 17.3 Å². The summed E-state index contributed by atoms with van der Waals surface area (Å²) in [5, 5.41) is 0.277. The van der Waals surface area contributed by atoms with E-state index in [9.17, 15) is 8.42 Å². The summed E-state index contributed by atoms with van der Waals surface area (Å²) < 4.78 is 26.8. The molecule has 0 bridgehead atoms. The Kier molecular flexibility index (Phi) is 4.08. The number of nitrogens with two attached hydrogens (primary N) is 1. The summed E-state index contributed by atoms with van der Waals surface area (Å²) in [6.45, 7) is 4.67. The second-order valence-corrected chi connectivity index (χ2v) is 7.58. The number of nitrogen functional groups attached to an aromatic ring is 1. The van der Waals surface area contributed by atoms with Gasteiger partial charge in [0.1, 0.15) is 0 Å². The van der Waals surface area contributed by atoms with Gasteiger partial charge in [0, 0.05) is 12.6 Å². The third-order valence-corrected chi connectivity index (χ3v) is 5.99. The van der Waals surface area contributed by atoms with E-state index in [1.165, 1.54) is 18.2 Å². The molecule has 1 saturated heterocycles. The summed E-state index contributed by atoms with van der Waals surface area (Å²) in [7, 11) is -3.48. The zero-order valence-electron chi connectivity index (χ0n) is 11.1.